The Bertz CT molecular complexity index is 1270. The van der Waals surface area contributed by atoms with Crippen molar-refractivity contribution >= 4 is 23.7 Å². The van der Waals surface area contributed by atoms with E-state index >= 15 is 0 Å². The molecule has 10 nitrogen and oxygen atoms in total. The Kier molecular flexibility index (Phi) is 8.50. The predicted octanol–water partition coefficient (Wildman–Crippen LogP) is 3.32. The number of fused-ring (bicyclic) bond motifs is 1. The molecule has 1 aromatic rings. The second-order valence-electron chi connectivity index (χ2n) is 12.8. The summed E-state index contributed by atoms with van der Waals surface area (Å²) in [6, 6.07) is 8.23. The Morgan fingerprint density at radius 1 is 1.02 bits per heavy atom. The molecule has 3 aliphatic rings. The third kappa shape index (κ3) is 5.18. The van der Waals surface area contributed by atoms with Crippen LogP contribution >= 0.6 is 0 Å². The van der Waals surface area contributed by atoms with Gasteiger partial charge in [-0.1, -0.05) is 43.7 Å². The molecule has 230 valence electrons. The number of carbonyl (C=O) groups excluding carboxylic acids is 4. The van der Waals surface area contributed by atoms with Crippen LogP contribution in [0.5, 0.6) is 0 Å². The molecule has 0 bridgehead atoms. The number of allylic oxidation sites excluding steroid dienone is 1. The molecule has 1 heterocycles. The van der Waals surface area contributed by atoms with E-state index in [4.69, 9.17) is 18.9 Å². The van der Waals surface area contributed by atoms with Crippen molar-refractivity contribution in [3.05, 3.63) is 47.5 Å². The molecule has 2 aliphatic carbocycles. The van der Waals surface area contributed by atoms with Gasteiger partial charge in [0.25, 0.3) is 0 Å². The lowest BCUT2D eigenvalue weighted by molar-refractivity contribution is -0.342. The molecular weight excluding hydrogens is 544 g/mol. The molecule has 1 aromatic carbocycles. The zero-order valence-electron chi connectivity index (χ0n) is 25.3. The SMILES string of the molecule is CC(=O)O[C@H](C)C(=O)[C@@]1(C)C(C(OC(=O)c2ccccc2)[C@]2(O)CCC(C)=CC2(C)C)[C@]2(OC(C)=O)CO[C@@H]2C[C@@H]1O. The fourth-order valence-corrected chi connectivity index (χ4v) is 7.37. The molecule has 0 spiro atoms. The van der Waals surface area contributed by atoms with Crippen molar-refractivity contribution in [3.63, 3.8) is 0 Å². The number of hydrogen-bond donors (Lipinski definition) is 2. The molecule has 2 fully saturated rings. The van der Waals surface area contributed by atoms with Gasteiger partial charge in [0.1, 0.15) is 17.8 Å². The minimum atomic E-state index is -1.81. The Balaban J connectivity index is 1.98. The van der Waals surface area contributed by atoms with E-state index in [0.29, 0.717) is 6.42 Å². The monoisotopic (exact) mass is 586 g/mol. The maximum absolute atomic E-state index is 14.3. The van der Waals surface area contributed by atoms with E-state index in [1.54, 1.807) is 30.3 Å². The lowest BCUT2D eigenvalue weighted by atomic mass is 9.48. The maximum atomic E-state index is 14.3. The van der Waals surface area contributed by atoms with E-state index in [1.807, 2.05) is 26.8 Å². The van der Waals surface area contributed by atoms with E-state index in [1.165, 1.54) is 27.7 Å². The second kappa shape index (κ2) is 11.2. The first kappa shape index (κ1) is 31.8. The van der Waals surface area contributed by atoms with Crippen LogP contribution in [0.2, 0.25) is 0 Å². The number of carbonyl (C=O) groups is 4. The Morgan fingerprint density at radius 2 is 1.67 bits per heavy atom. The van der Waals surface area contributed by atoms with Crippen LogP contribution in [0.25, 0.3) is 0 Å². The van der Waals surface area contributed by atoms with Crippen LogP contribution in [0.4, 0.5) is 0 Å². The van der Waals surface area contributed by atoms with Gasteiger partial charge in [0, 0.05) is 25.7 Å². The van der Waals surface area contributed by atoms with Crippen LogP contribution in [0.1, 0.15) is 78.1 Å². The van der Waals surface area contributed by atoms with E-state index in [2.05, 4.69) is 0 Å². The van der Waals surface area contributed by atoms with Crippen LogP contribution in [0, 0.1) is 16.7 Å². The first-order valence-electron chi connectivity index (χ1n) is 14.4. The summed E-state index contributed by atoms with van der Waals surface area (Å²) in [6.07, 6.45) is -2.51. The van der Waals surface area contributed by atoms with Crippen LogP contribution in [0.3, 0.4) is 0 Å². The Hall–Kier alpha value is -3.08. The van der Waals surface area contributed by atoms with E-state index < -0.39 is 76.1 Å². The van der Waals surface area contributed by atoms with Gasteiger partial charge in [0.15, 0.2) is 17.5 Å². The topological polar surface area (TPSA) is 146 Å². The summed E-state index contributed by atoms with van der Waals surface area (Å²) in [5.74, 6) is -4.05. The van der Waals surface area contributed by atoms with Gasteiger partial charge in [-0.25, -0.2) is 4.79 Å². The van der Waals surface area contributed by atoms with Crippen molar-refractivity contribution in [3.8, 4) is 0 Å². The fourth-order valence-electron chi connectivity index (χ4n) is 7.37. The van der Waals surface area contributed by atoms with Gasteiger partial charge >= 0.3 is 17.9 Å². The van der Waals surface area contributed by atoms with Crippen LogP contribution in [0.15, 0.2) is 42.0 Å². The molecule has 1 aliphatic heterocycles. The third-order valence-corrected chi connectivity index (χ3v) is 9.57. The van der Waals surface area contributed by atoms with Crippen molar-refractivity contribution in [1.29, 1.82) is 0 Å². The van der Waals surface area contributed by atoms with Crippen molar-refractivity contribution in [1.82, 2.24) is 0 Å². The summed E-state index contributed by atoms with van der Waals surface area (Å²) in [5, 5.41) is 24.4. The van der Waals surface area contributed by atoms with Gasteiger partial charge in [0.05, 0.1) is 29.6 Å². The van der Waals surface area contributed by atoms with Crippen molar-refractivity contribution in [2.75, 3.05) is 6.61 Å². The largest absolute Gasteiger partial charge is 0.455 e. The number of hydrogen-bond acceptors (Lipinski definition) is 10. The number of Topliss-reactive ketones (excluding diaryl/α,β-unsaturated/α-hetero) is 1. The molecule has 2 N–H and O–H groups in total. The number of ether oxygens (including phenoxy) is 4. The molecule has 1 saturated carbocycles. The highest BCUT2D eigenvalue weighted by Crippen LogP contribution is 2.60. The lowest BCUT2D eigenvalue weighted by Gasteiger charge is -2.65. The Morgan fingerprint density at radius 3 is 2.19 bits per heavy atom. The first-order valence-corrected chi connectivity index (χ1v) is 14.4. The highest BCUT2D eigenvalue weighted by Gasteiger charge is 2.75. The second-order valence-corrected chi connectivity index (χ2v) is 12.8. The standard InChI is InChI=1S/C32H42O10/c1-18-13-14-32(38,29(5,6)16-18)27(41-28(37)22-11-9-8-10-12-22)25-30(7,26(36)19(2)40-20(3)33)23(35)15-24-31(25,17-39-24)42-21(4)34/h8-12,16,19,23-25,27,35,38H,13-15,17H2,1-7H3/t19-,23+,24-,25?,27?,30-,31+,32-/m1/s1. The van der Waals surface area contributed by atoms with E-state index in [-0.39, 0.29) is 25.0 Å². The molecule has 1 saturated heterocycles. The summed E-state index contributed by atoms with van der Waals surface area (Å²) in [6.45, 7) is 10.7. The molecule has 0 aromatic heterocycles. The van der Waals surface area contributed by atoms with Gasteiger partial charge in [-0.2, -0.15) is 0 Å². The van der Waals surface area contributed by atoms with Crippen molar-refractivity contribution < 1.29 is 48.3 Å². The van der Waals surface area contributed by atoms with Gasteiger partial charge in [-0.3, -0.25) is 14.4 Å². The number of aliphatic hydroxyl groups is 2. The van der Waals surface area contributed by atoms with Crippen LogP contribution < -0.4 is 0 Å². The first-order chi connectivity index (χ1) is 19.5. The normalized spacial score (nSPS) is 34.9. The molecule has 0 radical (unpaired) electrons. The van der Waals surface area contributed by atoms with Crippen LogP contribution in [-0.4, -0.2) is 76.1 Å². The lowest BCUT2D eigenvalue weighted by Crippen LogP contribution is -2.80. The number of benzene rings is 1. The number of esters is 3. The number of aliphatic hydroxyl groups excluding tert-OH is 1. The fraction of sp³-hybridized carbons (Fsp3) is 0.625. The highest BCUT2D eigenvalue weighted by atomic mass is 16.6. The molecule has 10 heteroatoms. The average Bonchev–Trinajstić information content (AvgIpc) is 2.90. The van der Waals surface area contributed by atoms with Gasteiger partial charge in [-0.15, -0.1) is 0 Å². The summed E-state index contributed by atoms with van der Waals surface area (Å²) >= 11 is 0. The van der Waals surface area contributed by atoms with Crippen LogP contribution in [-0.2, 0) is 33.3 Å². The smallest absolute Gasteiger partial charge is 0.338 e. The average molecular weight is 587 g/mol. The van der Waals surface area contributed by atoms with Crippen molar-refractivity contribution in [2.45, 2.75) is 103 Å². The highest BCUT2D eigenvalue weighted by molar-refractivity contribution is 5.92. The number of rotatable bonds is 8. The predicted molar refractivity (Wildman–Crippen MR) is 150 cm³/mol. The molecule has 0 amide bonds. The van der Waals surface area contributed by atoms with E-state index in [0.717, 1.165) is 5.57 Å². The Labute approximate surface area is 246 Å². The molecule has 4 rings (SSSR count). The summed E-state index contributed by atoms with van der Waals surface area (Å²) in [5.41, 5.74) is -4.86. The van der Waals surface area contributed by atoms with Gasteiger partial charge < -0.3 is 29.2 Å². The summed E-state index contributed by atoms with van der Waals surface area (Å²) in [4.78, 5) is 52.5. The number of ketones is 1. The molecule has 42 heavy (non-hydrogen) atoms. The van der Waals surface area contributed by atoms with Gasteiger partial charge in [0.2, 0.25) is 0 Å². The van der Waals surface area contributed by atoms with E-state index in [9.17, 15) is 29.4 Å². The molecule has 2 unspecified atom stereocenters. The quantitative estimate of drug-likeness (QED) is 0.264. The van der Waals surface area contributed by atoms with Crippen molar-refractivity contribution in [2.24, 2.45) is 16.7 Å². The summed E-state index contributed by atoms with van der Waals surface area (Å²) in [7, 11) is 0. The van der Waals surface area contributed by atoms with Gasteiger partial charge in [-0.05, 0) is 45.7 Å². The molecular formula is C32H42O10. The minimum absolute atomic E-state index is 0.0704. The molecule has 8 atom stereocenters. The summed E-state index contributed by atoms with van der Waals surface area (Å²) < 4.78 is 23.3. The minimum Gasteiger partial charge on any atom is -0.455 e. The zero-order chi connectivity index (χ0) is 31.3. The zero-order valence-corrected chi connectivity index (χ0v) is 25.3. The maximum Gasteiger partial charge on any atom is 0.338 e. The third-order valence-electron chi connectivity index (χ3n) is 9.57.